The summed E-state index contributed by atoms with van der Waals surface area (Å²) in [6.07, 6.45) is 5.14. The van der Waals surface area contributed by atoms with Crippen LogP contribution in [0.15, 0.2) is 78.2 Å². The maximum Gasteiger partial charge on any atom is 0.257 e. The lowest BCUT2D eigenvalue weighted by Gasteiger charge is -2.45. The molecule has 4 aromatic rings. The first-order valence-electron chi connectivity index (χ1n) is 12.8. The first kappa shape index (κ1) is 29.0. The highest BCUT2D eigenvalue weighted by molar-refractivity contribution is 7.89. The molecule has 216 valence electrons. The summed E-state index contributed by atoms with van der Waals surface area (Å²) >= 11 is 6.06. The smallest absolute Gasteiger partial charge is 0.257 e. The van der Waals surface area contributed by atoms with Crippen LogP contribution in [0.5, 0.6) is 0 Å². The number of hydrogen-bond donors (Lipinski definition) is 2. The van der Waals surface area contributed by atoms with Crippen molar-refractivity contribution in [1.29, 1.82) is 0 Å². The zero-order valence-corrected chi connectivity index (χ0v) is 23.7. The first-order valence-corrected chi connectivity index (χ1v) is 14.7. The molecule has 0 spiro atoms. The first-order chi connectivity index (χ1) is 20.0. The monoisotopic (exact) mass is 607 g/mol. The Morgan fingerprint density at radius 2 is 1.43 bits per heavy atom. The average molecular weight is 608 g/mol. The Morgan fingerprint density at radius 1 is 0.857 bits per heavy atom. The number of aromatic nitrogens is 3. The molecule has 1 aliphatic rings. The number of piperazine rings is 1. The van der Waals surface area contributed by atoms with Crippen molar-refractivity contribution in [3.05, 3.63) is 83.9 Å². The number of pyridine rings is 1. The fourth-order valence-electron chi connectivity index (χ4n) is 5.08. The molecule has 2 aromatic carbocycles. The number of carbonyl (C=O) groups is 3. The van der Waals surface area contributed by atoms with Crippen LogP contribution in [0.1, 0.15) is 23.2 Å². The zero-order valence-electron chi connectivity index (χ0n) is 22.1. The Hall–Kier alpha value is -4.46. The molecule has 0 radical (unpaired) electrons. The van der Waals surface area contributed by atoms with E-state index < -0.39 is 39.8 Å². The third kappa shape index (κ3) is 6.08. The van der Waals surface area contributed by atoms with E-state index in [9.17, 15) is 22.8 Å². The number of fused-ring (bicyclic) bond motifs is 1. The highest BCUT2D eigenvalue weighted by atomic mass is 35.5. The Morgan fingerprint density at radius 3 is 2.02 bits per heavy atom. The van der Waals surface area contributed by atoms with E-state index in [0.29, 0.717) is 21.8 Å². The Kier molecular flexibility index (Phi) is 8.16. The Balaban J connectivity index is 1.48. The van der Waals surface area contributed by atoms with Gasteiger partial charge in [0.2, 0.25) is 21.8 Å². The van der Waals surface area contributed by atoms with Gasteiger partial charge in [-0.25, -0.2) is 18.4 Å². The van der Waals surface area contributed by atoms with E-state index in [-0.39, 0.29) is 36.4 Å². The van der Waals surface area contributed by atoms with Crippen LogP contribution in [0.3, 0.4) is 0 Å². The molecule has 12 nitrogen and oxygen atoms in total. The van der Waals surface area contributed by atoms with Crippen molar-refractivity contribution in [2.45, 2.75) is 29.8 Å². The number of carbonyl (C=O) groups excluding carboxylic acids is 3. The molecule has 14 heteroatoms. The molecule has 0 bridgehead atoms. The second-order valence-corrected chi connectivity index (χ2v) is 12.2. The van der Waals surface area contributed by atoms with E-state index in [1.54, 1.807) is 48.8 Å². The normalized spacial score (nSPS) is 17.7. The van der Waals surface area contributed by atoms with Crippen LogP contribution in [0.25, 0.3) is 22.2 Å². The van der Waals surface area contributed by atoms with E-state index in [1.165, 1.54) is 29.4 Å². The lowest BCUT2D eigenvalue weighted by Crippen LogP contribution is -2.62. The van der Waals surface area contributed by atoms with E-state index in [1.807, 2.05) is 0 Å². The van der Waals surface area contributed by atoms with Crippen molar-refractivity contribution in [2.24, 2.45) is 11.5 Å². The number of nitrogens with zero attached hydrogens (tertiary/aromatic N) is 5. The minimum Gasteiger partial charge on any atom is -0.370 e. The topological polar surface area (TPSA) is 183 Å². The number of amides is 3. The minimum atomic E-state index is -4.12. The summed E-state index contributed by atoms with van der Waals surface area (Å²) in [5.74, 6) is -1.72. The summed E-state index contributed by atoms with van der Waals surface area (Å²) in [5.41, 5.74) is 11.8. The second kappa shape index (κ2) is 11.8. The number of sulfonamides is 1. The number of primary amides is 2. The van der Waals surface area contributed by atoms with E-state index in [2.05, 4.69) is 15.0 Å². The molecule has 3 amide bonds. The van der Waals surface area contributed by atoms with E-state index in [4.69, 9.17) is 23.1 Å². The molecule has 0 aliphatic carbocycles. The lowest BCUT2D eigenvalue weighted by molar-refractivity contribution is -0.120. The fourth-order valence-corrected chi connectivity index (χ4v) is 6.81. The van der Waals surface area contributed by atoms with Crippen molar-refractivity contribution in [2.75, 3.05) is 13.1 Å². The number of halogens is 1. The summed E-state index contributed by atoms with van der Waals surface area (Å²) in [6, 6.07) is 11.2. The molecule has 2 unspecified atom stereocenters. The molecule has 0 saturated carbocycles. The van der Waals surface area contributed by atoms with Gasteiger partial charge in [0.1, 0.15) is 0 Å². The molecular formula is C28H26ClN7O5S. The van der Waals surface area contributed by atoms with Crippen LogP contribution in [-0.2, 0) is 19.6 Å². The molecule has 2 atom stereocenters. The molecule has 4 N–H and O–H groups in total. The number of rotatable bonds is 8. The quantitative estimate of drug-likeness (QED) is 0.305. The van der Waals surface area contributed by atoms with Crippen LogP contribution in [0, 0.1) is 0 Å². The van der Waals surface area contributed by atoms with Crippen LogP contribution < -0.4 is 11.5 Å². The van der Waals surface area contributed by atoms with Gasteiger partial charge in [0.15, 0.2) is 5.82 Å². The van der Waals surface area contributed by atoms with E-state index >= 15 is 0 Å². The fraction of sp³-hybridized carbons (Fsp3) is 0.214. The number of hydrogen-bond acceptors (Lipinski definition) is 8. The van der Waals surface area contributed by atoms with Crippen molar-refractivity contribution in [3.63, 3.8) is 0 Å². The van der Waals surface area contributed by atoms with Gasteiger partial charge >= 0.3 is 0 Å². The van der Waals surface area contributed by atoms with Gasteiger partial charge < -0.3 is 16.4 Å². The number of benzene rings is 2. The summed E-state index contributed by atoms with van der Waals surface area (Å²) < 4.78 is 28.8. The van der Waals surface area contributed by atoms with Crippen LogP contribution in [0.2, 0.25) is 5.02 Å². The van der Waals surface area contributed by atoms with Gasteiger partial charge in [0.05, 0.1) is 22.5 Å². The predicted octanol–water partition coefficient (Wildman–Crippen LogP) is 1.98. The summed E-state index contributed by atoms with van der Waals surface area (Å²) in [4.78, 5) is 51.8. The lowest BCUT2D eigenvalue weighted by atomic mass is 10.0. The van der Waals surface area contributed by atoms with Gasteiger partial charge in [-0.3, -0.25) is 19.4 Å². The third-order valence-corrected chi connectivity index (χ3v) is 9.04. The highest BCUT2D eigenvalue weighted by Crippen LogP contribution is 2.30. The summed E-state index contributed by atoms with van der Waals surface area (Å²) in [7, 11) is -4.12. The van der Waals surface area contributed by atoms with Crippen LogP contribution in [0.4, 0.5) is 0 Å². The number of nitrogens with two attached hydrogens (primary N) is 2. The summed E-state index contributed by atoms with van der Waals surface area (Å²) in [6.45, 7) is -0.470. The van der Waals surface area contributed by atoms with Gasteiger partial charge in [-0.05, 0) is 47.2 Å². The third-order valence-electron chi connectivity index (χ3n) is 6.97. The maximum atomic E-state index is 13.8. The molecule has 2 aromatic heterocycles. The minimum absolute atomic E-state index is 0.00727. The zero-order chi connectivity index (χ0) is 30.0. The van der Waals surface area contributed by atoms with Crippen LogP contribution >= 0.6 is 11.6 Å². The van der Waals surface area contributed by atoms with Crippen molar-refractivity contribution >= 4 is 50.1 Å². The van der Waals surface area contributed by atoms with Gasteiger partial charge in [-0.1, -0.05) is 23.7 Å². The standard InChI is InChI=1S/C28H26ClN7O5S/c29-21-3-1-19-10-24(4-2-18(19)9-21)42(40,41)35-15-22(11-25(30)37)36(23(16-35)12-26(31)38)28(39)20-13-33-27(34-14-20)17-5-7-32-8-6-17/h1-10,13-14,22-23H,11-12,15-16H2,(H2,30,37)(H2,31,38). The average Bonchev–Trinajstić information content (AvgIpc) is 2.96. The largest absolute Gasteiger partial charge is 0.370 e. The highest BCUT2D eigenvalue weighted by Gasteiger charge is 2.43. The maximum absolute atomic E-state index is 13.8. The van der Waals surface area contributed by atoms with Gasteiger partial charge in [-0.2, -0.15) is 4.31 Å². The second-order valence-electron chi connectivity index (χ2n) is 9.87. The molecule has 1 fully saturated rings. The van der Waals surface area contributed by atoms with Gasteiger partial charge in [0, 0.05) is 61.3 Å². The van der Waals surface area contributed by atoms with Crippen molar-refractivity contribution in [1.82, 2.24) is 24.2 Å². The summed E-state index contributed by atoms with van der Waals surface area (Å²) in [5, 5.41) is 1.93. The van der Waals surface area contributed by atoms with Crippen LogP contribution in [-0.4, -0.2) is 75.5 Å². The predicted molar refractivity (Wildman–Crippen MR) is 154 cm³/mol. The molecule has 42 heavy (non-hydrogen) atoms. The van der Waals surface area contributed by atoms with Gasteiger partial charge in [0.25, 0.3) is 5.91 Å². The SMILES string of the molecule is NC(=O)CC1CN(S(=O)(=O)c2ccc3cc(Cl)ccc3c2)CC(CC(N)=O)N1C(=O)c1cnc(-c2ccncc2)nc1. The molecule has 1 aliphatic heterocycles. The Bertz CT molecular complexity index is 1740. The Labute approximate surface area is 246 Å². The molecule has 3 heterocycles. The van der Waals surface area contributed by atoms with Crippen molar-refractivity contribution in [3.8, 4) is 11.4 Å². The van der Waals surface area contributed by atoms with E-state index in [0.717, 1.165) is 9.69 Å². The molecule has 1 saturated heterocycles. The molecule has 5 rings (SSSR count). The van der Waals surface area contributed by atoms with Gasteiger partial charge in [-0.15, -0.1) is 0 Å². The van der Waals surface area contributed by atoms with Crippen molar-refractivity contribution < 1.29 is 22.8 Å². The molecular weight excluding hydrogens is 582 g/mol.